The highest BCUT2D eigenvalue weighted by molar-refractivity contribution is 7.89. The Morgan fingerprint density at radius 1 is 1.33 bits per heavy atom. The van der Waals surface area contributed by atoms with Gasteiger partial charge in [-0.3, -0.25) is 0 Å². The van der Waals surface area contributed by atoms with E-state index in [1.165, 1.54) is 6.07 Å². The number of sulfonamides is 1. The predicted molar refractivity (Wildman–Crippen MR) is 86.1 cm³/mol. The van der Waals surface area contributed by atoms with Gasteiger partial charge >= 0.3 is 0 Å². The maximum Gasteiger partial charge on any atom is 0.241 e. The van der Waals surface area contributed by atoms with Gasteiger partial charge in [-0.15, -0.1) is 0 Å². The van der Waals surface area contributed by atoms with E-state index in [1.54, 1.807) is 0 Å². The fourth-order valence-corrected chi connectivity index (χ4v) is 4.86. The normalized spacial score (nSPS) is 22.7. The van der Waals surface area contributed by atoms with E-state index in [9.17, 15) is 8.42 Å². The summed E-state index contributed by atoms with van der Waals surface area (Å²) in [6.45, 7) is 4.58. The van der Waals surface area contributed by atoms with Crippen LogP contribution in [-0.2, 0) is 16.6 Å². The first-order valence-corrected chi connectivity index (χ1v) is 9.15. The van der Waals surface area contributed by atoms with Crippen LogP contribution in [0.4, 0.5) is 0 Å². The minimum Gasteiger partial charge on any atom is -0.316 e. The second-order valence-corrected chi connectivity index (χ2v) is 8.07. The molecule has 118 valence electrons. The molecule has 4 nitrogen and oxygen atoms in total. The SMILES string of the molecule is CNCc1cc(Cl)cc(S(=O)(=O)NC2CCC(C)C2)c1C. The molecule has 0 spiro atoms. The van der Waals surface area contributed by atoms with Gasteiger partial charge in [0.15, 0.2) is 0 Å². The van der Waals surface area contributed by atoms with Gasteiger partial charge in [-0.05, 0) is 62.4 Å². The van der Waals surface area contributed by atoms with Crippen LogP contribution in [-0.4, -0.2) is 21.5 Å². The average Bonchev–Trinajstić information content (AvgIpc) is 2.78. The fourth-order valence-electron chi connectivity index (χ4n) is 2.96. The summed E-state index contributed by atoms with van der Waals surface area (Å²) in [6, 6.07) is 3.39. The third-order valence-corrected chi connectivity index (χ3v) is 5.97. The molecule has 21 heavy (non-hydrogen) atoms. The van der Waals surface area contributed by atoms with E-state index in [0.29, 0.717) is 22.4 Å². The Labute approximate surface area is 132 Å². The third-order valence-electron chi connectivity index (χ3n) is 4.11. The quantitative estimate of drug-likeness (QED) is 0.872. The van der Waals surface area contributed by atoms with Crippen molar-refractivity contribution in [2.24, 2.45) is 5.92 Å². The summed E-state index contributed by atoms with van der Waals surface area (Å²) >= 11 is 6.08. The molecule has 0 bridgehead atoms. The maximum atomic E-state index is 12.6. The molecule has 0 amide bonds. The number of hydrogen-bond acceptors (Lipinski definition) is 3. The Balaban J connectivity index is 2.31. The Morgan fingerprint density at radius 2 is 2.05 bits per heavy atom. The highest BCUT2D eigenvalue weighted by Crippen LogP contribution is 2.28. The van der Waals surface area contributed by atoms with Crippen LogP contribution in [0, 0.1) is 12.8 Å². The average molecular weight is 331 g/mol. The van der Waals surface area contributed by atoms with Gasteiger partial charge in [0, 0.05) is 17.6 Å². The van der Waals surface area contributed by atoms with Crippen LogP contribution in [0.5, 0.6) is 0 Å². The number of benzene rings is 1. The van der Waals surface area contributed by atoms with Crippen molar-refractivity contribution < 1.29 is 8.42 Å². The highest BCUT2D eigenvalue weighted by atomic mass is 35.5. The largest absolute Gasteiger partial charge is 0.316 e. The molecule has 6 heteroatoms. The molecular formula is C15H23ClN2O2S. The van der Waals surface area contributed by atoms with Crippen molar-refractivity contribution in [2.45, 2.75) is 50.6 Å². The van der Waals surface area contributed by atoms with E-state index >= 15 is 0 Å². The predicted octanol–water partition coefficient (Wildman–Crippen LogP) is 2.83. The number of hydrogen-bond donors (Lipinski definition) is 2. The van der Waals surface area contributed by atoms with Crippen molar-refractivity contribution in [2.75, 3.05) is 7.05 Å². The first-order chi connectivity index (χ1) is 9.83. The summed E-state index contributed by atoms with van der Waals surface area (Å²) in [5.41, 5.74) is 1.66. The lowest BCUT2D eigenvalue weighted by atomic mass is 10.1. The molecule has 0 saturated heterocycles. The smallest absolute Gasteiger partial charge is 0.241 e. The number of halogens is 1. The zero-order valence-corrected chi connectivity index (χ0v) is 14.3. The van der Waals surface area contributed by atoms with Crippen LogP contribution in [0.2, 0.25) is 5.02 Å². The molecule has 2 unspecified atom stereocenters. The zero-order chi connectivity index (χ0) is 15.6. The minimum absolute atomic E-state index is 0.0381. The van der Waals surface area contributed by atoms with E-state index in [-0.39, 0.29) is 6.04 Å². The Kier molecular flexibility index (Phi) is 5.30. The number of nitrogens with one attached hydrogen (secondary N) is 2. The lowest BCUT2D eigenvalue weighted by Gasteiger charge is -2.17. The Bertz CT molecular complexity index is 616. The fraction of sp³-hybridized carbons (Fsp3) is 0.600. The molecule has 2 atom stereocenters. The molecule has 0 aliphatic heterocycles. The highest BCUT2D eigenvalue weighted by Gasteiger charge is 2.28. The van der Waals surface area contributed by atoms with E-state index in [4.69, 9.17) is 11.6 Å². The molecule has 1 aromatic rings. The van der Waals surface area contributed by atoms with Crippen LogP contribution >= 0.6 is 11.6 Å². The summed E-state index contributed by atoms with van der Waals surface area (Å²) in [5, 5.41) is 3.49. The minimum atomic E-state index is -3.52. The second kappa shape index (κ2) is 6.65. The van der Waals surface area contributed by atoms with E-state index in [2.05, 4.69) is 17.0 Å². The van der Waals surface area contributed by atoms with Crippen LogP contribution in [0.15, 0.2) is 17.0 Å². The number of rotatable bonds is 5. The molecule has 1 aliphatic carbocycles. The Hall–Kier alpha value is -0.620. The van der Waals surface area contributed by atoms with Crippen molar-refractivity contribution in [1.82, 2.24) is 10.0 Å². The summed E-state index contributed by atoms with van der Waals surface area (Å²) in [6.07, 6.45) is 2.89. The van der Waals surface area contributed by atoms with Gasteiger partial charge in [0.05, 0.1) is 4.90 Å². The first-order valence-electron chi connectivity index (χ1n) is 7.29. The lowest BCUT2D eigenvalue weighted by Crippen LogP contribution is -2.33. The standard InChI is InChI=1S/C15H23ClN2O2S/c1-10-4-5-14(6-10)18-21(19,20)15-8-13(16)7-12(9-17-3)11(15)2/h7-8,10,14,17-18H,4-6,9H2,1-3H3. The van der Waals surface area contributed by atoms with Gasteiger partial charge in [-0.1, -0.05) is 18.5 Å². The first kappa shape index (κ1) is 16.7. The van der Waals surface area contributed by atoms with E-state index < -0.39 is 10.0 Å². The van der Waals surface area contributed by atoms with Gasteiger partial charge < -0.3 is 5.32 Å². The summed E-state index contributed by atoms with van der Waals surface area (Å²) in [5.74, 6) is 0.581. The molecular weight excluding hydrogens is 308 g/mol. The molecule has 1 aliphatic rings. The summed E-state index contributed by atoms with van der Waals surface area (Å²) in [7, 11) is -1.70. The van der Waals surface area contributed by atoms with Gasteiger partial charge in [0.1, 0.15) is 0 Å². The monoisotopic (exact) mass is 330 g/mol. The third kappa shape index (κ3) is 3.97. The van der Waals surface area contributed by atoms with Crippen LogP contribution in [0.1, 0.15) is 37.3 Å². The molecule has 1 saturated carbocycles. The summed E-state index contributed by atoms with van der Waals surface area (Å²) < 4.78 is 28.1. The Morgan fingerprint density at radius 3 is 2.62 bits per heavy atom. The topological polar surface area (TPSA) is 58.2 Å². The second-order valence-electron chi connectivity index (χ2n) is 5.95. The van der Waals surface area contributed by atoms with Crippen molar-refractivity contribution in [1.29, 1.82) is 0 Å². The lowest BCUT2D eigenvalue weighted by molar-refractivity contribution is 0.538. The molecule has 2 rings (SSSR count). The summed E-state index contributed by atoms with van der Waals surface area (Å²) in [4.78, 5) is 0.291. The zero-order valence-electron chi connectivity index (χ0n) is 12.7. The molecule has 1 aromatic carbocycles. The maximum absolute atomic E-state index is 12.6. The molecule has 0 heterocycles. The van der Waals surface area contributed by atoms with E-state index in [0.717, 1.165) is 30.4 Å². The molecule has 0 aromatic heterocycles. The van der Waals surface area contributed by atoms with Gasteiger partial charge in [0.2, 0.25) is 10.0 Å². The van der Waals surface area contributed by atoms with Crippen molar-refractivity contribution in [3.8, 4) is 0 Å². The molecule has 0 radical (unpaired) electrons. The van der Waals surface area contributed by atoms with E-state index in [1.807, 2.05) is 20.0 Å². The molecule has 2 N–H and O–H groups in total. The van der Waals surface area contributed by atoms with Crippen molar-refractivity contribution in [3.05, 3.63) is 28.3 Å². The van der Waals surface area contributed by atoms with Gasteiger partial charge in [-0.2, -0.15) is 0 Å². The van der Waals surface area contributed by atoms with Gasteiger partial charge in [0.25, 0.3) is 0 Å². The molecule has 1 fully saturated rings. The van der Waals surface area contributed by atoms with Crippen LogP contribution in [0.3, 0.4) is 0 Å². The van der Waals surface area contributed by atoms with Crippen LogP contribution in [0.25, 0.3) is 0 Å². The van der Waals surface area contributed by atoms with Crippen molar-refractivity contribution >= 4 is 21.6 Å². The van der Waals surface area contributed by atoms with Crippen LogP contribution < -0.4 is 10.0 Å². The van der Waals surface area contributed by atoms with Gasteiger partial charge in [-0.25, -0.2) is 13.1 Å². The van der Waals surface area contributed by atoms with Crippen molar-refractivity contribution in [3.63, 3.8) is 0 Å².